The van der Waals surface area contributed by atoms with Crippen LogP contribution in [-0.4, -0.2) is 10.7 Å². The molecule has 1 aliphatic rings. The summed E-state index contributed by atoms with van der Waals surface area (Å²) in [6, 6.07) is 0. The van der Waals surface area contributed by atoms with Crippen LogP contribution in [0, 0.1) is 5.92 Å². The molecule has 0 radical (unpaired) electrons. The summed E-state index contributed by atoms with van der Waals surface area (Å²) in [5, 5.41) is 10.1. The van der Waals surface area contributed by atoms with Crippen molar-refractivity contribution in [3.8, 4) is 0 Å². The monoisotopic (exact) mass is 198 g/mol. The number of hydrogen-bond acceptors (Lipinski definition) is 1. The molecular formula is C13H26O. The van der Waals surface area contributed by atoms with Crippen molar-refractivity contribution in [2.75, 3.05) is 0 Å². The first-order chi connectivity index (χ1) is 6.73. The molecule has 1 heteroatoms. The topological polar surface area (TPSA) is 20.2 Å². The lowest BCUT2D eigenvalue weighted by molar-refractivity contribution is 0.115. The van der Waals surface area contributed by atoms with E-state index in [1.807, 2.05) is 0 Å². The molecule has 1 nitrogen and oxygen atoms in total. The summed E-state index contributed by atoms with van der Waals surface area (Å²) < 4.78 is 0. The minimum atomic E-state index is -0.233. The number of unbranched alkanes of at least 4 members (excludes halogenated alkanes) is 4. The zero-order valence-corrected chi connectivity index (χ0v) is 9.89. The van der Waals surface area contributed by atoms with E-state index in [4.69, 9.17) is 0 Å². The van der Waals surface area contributed by atoms with Crippen LogP contribution in [0.5, 0.6) is 0 Å². The molecule has 1 fully saturated rings. The second-order valence-corrected chi connectivity index (χ2v) is 4.96. The smallest absolute Gasteiger partial charge is 0.0680 e. The summed E-state index contributed by atoms with van der Waals surface area (Å²) >= 11 is 0. The maximum Gasteiger partial charge on any atom is 0.0680 e. The van der Waals surface area contributed by atoms with E-state index in [2.05, 4.69) is 13.8 Å². The van der Waals surface area contributed by atoms with Crippen LogP contribution in [0.4, 0.5) is 0 Å². The van der Waals surface area contributed by atoms with Crippen molar-refractivity contribution in [3.63, 3.8) is 0 Å². The maximum atomic E-state index is 10.1. The van der Waals surface area contributed by atoms with Crippen molar-refractivity contribution in [2.24, 2.45) is 5.92 Å². The summed E-state index contributed by atoms with van der Waals surface area (Å²) in [4.78, 5) is 0. The van der Waals surface area contributed by atoms with E-state index in [1.165, 1.54) is 44.9 Å². The van der Waals surface area contributed by atoms with Gasteiger partial charge in [0.1, 0.15) is 0 Å². The molecule has 14 heavy (non-hydrogen) atoms. The van der Waals surface area contributed by atoms with Gasteiger partial charge in [0.15, 0.2) is 0 Å². The van der Waals surface area contributed by atoms with Crippen LogP contribution in [0.25, 0.3) is 0 Å². The third kappa shape index (κ3) is 3.61. The Kier molecular flexibility index (Phi) is 4.94. The van der Waals surface area contributed by atoms with Crippen LogP contribution in [0.15, 0.2) is 0 Å². The van der Waals surface area contributed by atoms with E-state index in [0.717, 1.165) is 12.8 Å². The molecule has 0 amide bonds. The van der Waals surface area contributed by atoms with Gasteiger partial charge in [-0.25, -0.2) is 0 Å². The van der Waals surface area contributed by atoms with Crippen LogP contribution < -0.4 is 0 Å². The Balaban J connectivity index is 2.03. The van der Waals surface area contributed by atoms with Gasteiger partial charge in [-0.3, -0.25) is 0 Å². The minimum Gasteiger partial charge on any atom is -0.390 e. The normalized spacial score (nSPS) is 30.6. The fourth-order valence-electron chi connectivity index (χ4n) is 2.37. The van der Waals surface area contributed by atoms with E-state index in [0.29, 0.717) is 5.92 Å². The molecule has 1 N–H and O–H groups in total. The molecule has 0 heterocycles. The van der Waals surface area contributed by atoms with Gasteiger partial charge in [-0.2, -0.15) is 0 Å². The van der Waals surface area contributed by atoms with Crippen molar-refractivity contribution in [2.45, 2.75) is 77.2 Å². The minimum absolute atomic E-state index is 0.233. The first-order valence-electron chi connectivity index (χ1n) is 6.45. The Labute approximate surface area is 88.9 Å². The van der Waals surface area contributed by atoms with Gasteiger partial charge in [0.25, 0.3) is 0 Å². The van der Waals surface area contributed by atoms with Gasteiger partial charge in [-0.05, 0) is 25.2 Å². The van der Waals surface area contributed by atoms with E-state index in [9.17, 15) is 5.11 Å². The molecule has 2 atom stereocenters. The van der Waals surface area contributed by atoms with Gasteiger partial charge >= 0.3 is 0 Å². The molecule has 0 aromatic heterocycles. The molecule has 0 spiro atoms. The van der Waals surface area contributed by atoms with Gasteiger partial charge in [-0.1, -0.05) is 52.4 Å². The Morgan fingerprint density at radius 2 is 1.71 bits per heavy atom. The Hall–Kier alpha value is -0.0400. The van der Waals surface area contributed by atoms with E-state index < -0.39 is 0 Å². The predicted octanol–water partition coefficient (Wildman–Crippen LogP) is 3.90. The van der Waals surface area contributed by atoms with Gasteiger partial charge < -0.3 is 5.11 Å². The number of hydrogen-bond donors (Lipinski definition) is 1. The molecule has 0 bridgehead atoms. The second kappa shape index (κ2) is 5.75. The summed E-state index contributed by atoms with van der Waals surface area (Å²) in [5.74, 6) is 0.644. The molecule has 1 rings (SSSR count). The number of aliphatic hydroxyl groups is 1. The molecule has 0 saturated heterocycles. The first-order valence-corrected chi connectivity index (χ1v) is 6.45. The largest absolute Gasteiger partial charge is 0.390 e. The van der Waals surface area contributed by atoms with Gasteiger partial charge in [-0.15, -0.1) is 0 Å². The van der Waals surface area contributed by atoms with E-state index in [-0.39, 0.29) is 5.60 Å². The third-order valence-electron chi connectivity index (χ3n) is 3.57. The van der Waals surface area contributed by atoms with Crippen molar-refractivity contribution < 1.29 is 5.11 Å². The van der Waals surface area contributed by atoms with E-state index in [1.54, 1.807) is 0 Å². The molecule has 1 saturated carbocycles. The molecule has 0 aromatic carbocycles. The molecule has 0 unspecified atom stereocenters. The lowest BCUT2D eigenvalue weighted by Crippen LogP contribution is -2.10. The van der Waals surface area contributed by atoms with Gasteiger partial charge in [0.05, 0.1) is 5.60 Å². The highest BCUT2D eigenvalue weighted by molar-refractivity contribution is 5.02. The Morgan fingerprint density at radius 1 is 1.07 bits per heavy atom. The second-order valence-electron chi connectivity index (χ2n) is 4.96. The summed E-state index contributed by atoms with van der Waals surface area (Å²) in [7, 11) is 0. The predicted molar refractivity (Wildman–Crippen MR) is 61.3 cm³/mol. The number of rotatable bonds is 8. The van der Waals surface area contributed by atoms with Gasteiger partial charge in [0, 0.05) is 0 Å². The molecular weight excluding hydrogens is 172 g/mol. The summed E-state index contributed by atoms with van der Waals surface area (Å²) in [5.41, 5.74) is -0.233. The van der Waals surface area contributed by atoms with Crippen LogP contribution in [0.1, 0.15) is 71.6 Å². The average molecular weight is 198 g/mol. The lowest BCUT2D eigenvalue weighted by atomic mass is 10.0. The molecule has 84 valence electrons. The highest BCUT2D eigenvalue weighted by Crippen LogP contribution is 2.50. The van der Waals surface area contributed by atoms with Crippen LogP contribution in [0.3, 0.4) is 0 Å². The standard InChI is InChI=1S/C13H26O/c1-3-5-7-9-12-11-13(12,14)10-8-6-4-2/h12,14H,3-11H2,1-2H3/t12-,13+/m0/s1. The lowest BCUT2D eigenvalue weighted by Gasteiger charge is -2.09. The van der Waals surface area contributed by atoms with Crippen LogP contribution in [-0.2, 0) is 0 Å². The Morgan fingerprint density at radius 3 is 2.36 bits per heavy atom. The fraction of sp³-hybridized carbons (Fsp3) is 1.00. The van der Waals surface area contributed by atoms with Crippen molar-refractivity contribution in [3.05, 3.63) is 0 Å². The summed E-state index contributed by atoms with van der Waals surface area (Å²) in [6.07, 6.45) is 11.1. The molecule has 1 aliphatic carbocycles. The van der Waals surface area contributed by atoms with Crippen LogP contribution >= 0.6 is 0 Å². The molecule has 0 aliphatic heterocycles. The van der Waals surface area contributed by atoms with Crippen molar-refractivity contribution in [1.29, 1.82) is 0 Å². The maximum absolute atomic E-state index is 10.1. The quantitative estimate of drug-likeness (QED) is 0.586. The van der Waals surface area contributed by atoms with Crippen molar-refractivity contribution >= 4 is 0 Å². The zero-order valence-electron chi connectivity index (χ0n) is 9.89. The molecule has 0 aromatic rings. The SMILES string of the molecule is CCCCC[C@H]1C[C@]1(O)CCCCC. The zero-order chi connectivity index (χ0) is 10.4. The average Bonchev–Trinajstić information content (AvgIpc) is 2.79. The summed E-state index contributed by atoms with van der Waals surface area (Å²) in [6.45, 7) is 4.45. The van der Waals surface area contributed by atoms with Gasteiger partial charge in [0.2, 0.25) is 0 Å². The van der Waals surface area contributed by atoms with E-state index >= 15 is 0 Å². The highest BCUT2D eigenvalue weighted by atomic mass is 16.3. The van der Waals surface area contributed by atoms with Crippen molar-refractivity contribution in [1.82, 2.24) is 0 Å². The fourth-order valence-corrected chi connectivity index (χ4v) is 2.37. The highest BCUT2D eigenvalue weighted by Gasteiger charge is 2.50. The Bertz CT molecular complexity index is 155. The first kappa shape index (κ1) is 12.0. The third-order valence-corrected chi connectivity index (χ3v) is 3.57. The van der Waals surface area contributed by atoms with Crippen LogP contribution in [0.2, 0.25) is 0 Å².